The Morgan fingerprint density at radius 2 is 2.19 bits per heavy atom. The van der Waals surface area contributed by atoms with Crippen LogP contribution in [0.25, 0.3) is 0 Å². The Morgan fingerprint density at radius 1 is 1.50 bits per heavy atom. The zero-order chi connectivity index (χ0) is 12.0. The van der Waals surface area contributed by atoms with Crippen LogP contribution in [0, 0.1) is 0 Å². The van der Waals surface area contributed by atoms with E-state index in [1.165, 1.54) is 11.8 Å². The minimum Gasteiger partial charge on any atom is -0.353 e. The second kappa shape index (κ2) is 6.81. The van der Waals surface area contributed by atoms with E-state index in [1.807, 2.05) is 38.1 Å². The maximum atomic E-state index is 11.5. The fourth-order valence-electron chi connectivity index (χ4n) is 1.12. The summed E-state index contributed by atoms with van der Waals surface area (Å²) in [6.45, 7) is 4.05. The van der Waals surface area contributed by atoms with Crippen molar-refractivity contribution in [3.05, 3.63) is 29.3 Å². The lowest BCUT2D eigenvalue weighted by Gasteiger charge is -2.11. The van der Waals surface area contributed by atoms with E-state index < -0.39 is 0 Å². The van der Waals surface area contributed by atoms with E-state index in [0.717, 1.165) is 11.3 Å². The van der Waals surface area contributed by atoms with E-state index in [2.05, 4.69) is 5.32 Å². The molecule has 0 aromatic heterocycles. The highest BCUT2D eigenvalue weighted by Gasteiger charge is 2.07. The lowest BCUT2D eigenvalue weighted by Crippen LogP contribution is -2.33. The lowest BCUT2D eigenvalue weighted by atomic mass is 10.3. The maximum absolute atomic E-state index is 11.5. The average Bonchev–Trinajstić information content (AvgIpc) is 2.28. The number of halogens is 1. The van der Waals surface area contributed by atoms with Gasteiger partial charge in [-0.15, -0.1) is 11.8 Å². The van der Waals surface area contributed by atoms with Gasteiger partial charge in [0.25, 0.3) is 0 Å². The molecule has 0 aliphatic heterocycles. The molecule has 0 unspecified atom stereocenters. The predicted octanol–water partition coefficient (Wildman–Crippen LogP) is 3.35. The second-order valence-electron chi connectivity index (χ2n) is 3.60. The van der Waals surface area contributed by atoms with Crippen LogP contribution in [0.5, 0.6) is 0 Å². The molecule has 0 radical (unpaired) electrons. The molecule has 0 spiro atoms. The molecule has 0 aliphatic carbocycles. The zero-order valence-corrected chi connectivity index (χ0v) is 11.1. The molecule has 1 atom stereocenters. The topological polar surface area (TPSA) is 29.1 Å². The van der Waals surface area contributed by atoms with Crippen molar-refractivity contribution in [2.45, 2.75) is 31.2 Å². The standard InChI is InChI=1S/C12H16ClNOS/c1-3-9(2)14-12(15)8-16-11-7-5-4-6-10(11)13/h4-7,9H,3,8H2,1-2H3,(H,14,15)/t9-/m1/s1. The molecule has 4 heteroatoms. The molecule has 1 N–H and O–H groups in total. The number of thioether (sulfide) groups is 1. The van der Waals surface area contributed by atoms with E-state index in [0.29, 0.717) is 10.8 Å². The molecule has 1 aromatic carbocycles. The third kappa shape index (κ3) is 4.45. The number of amides is 1. The lowest BCUT2D eigenvalue weighted by molar-refractivity contribution is -0.119. The molecule has 0 aliphatic rings. The van der Waals surface area contributed by atoms with Gasteiger partial charge >= 0.3 is 0 Å². The molecule has 0 saturated heterocycles. The molecule has 1 aromatic rings. The molecule has 2 nitrogen and oxygen atoms in total. The van der Waals surface area contributed by atoms with Crippen molar-refractivity contribution in [2.24, 2.45) is 0 Å². The summed E-state index contributed by atoms with van der Waals surface area (Å²) in [6.07, 6.45) is 0.947. The summed E-state index contributed by atoms with van der Waals surface area (Å²) in [5.74, 6) is 0.466. The quantitative estimate of drug-likeness (QED) is 0.820. The van der Waals surface area contributed by atoms with Gasteiger partial charge in [-0.2, -0.15) is 0 Å². The van der Waals surface area contributed by atoms with Crippen molar-refractivity contribution in [1.82, 2.24) is 5.32 Å². The van der Waals surface area contributed by atoms with Gasteiger partial charge < -0.3 is 5.32 Å². The normalized spacial score (nSPS) is 12.2. The van der Waals surface area contributed by atoms with Crippen LogP contribution in [0.2, 0.25) is 5.02 Å². The van der Waals surface area contributed by atoms with Crippen LogP contribution in [0.1, 0.15) is 20.3 Å². The van der Waals surface area contributed by atoms with Crippen molar-refractivity contribution >= 4 is 29.3 Å². The summed E-state index contributed by atoms with van der Waals surface area (Å²) in [4.78, 5) is 12.5. The second-order valence-corrected chi connectivity index (χ2v) is 5.02. The smallest absolute Gasteiger partial charge is 0.230 e. The van der Waals surface area contributed by atoms with Gasteiger partial charge in [0, 0.05) is 10.9 Å². The van der Waals surface area contributed by atoms with Gasteiger partial charge in [0.15, 0.2) is 0 Å². The Hall–Kier alpha value is -0.670. The highest BCUT2D eigenvalue weighted by atomic mass is 35.5. The summed E-state index contributed by atoms with van der Waals surface area (Å²) < 4.78 is 0. The van der Waals surface area contributed by atoms with Crippen LogP contribution >= 0.6 is 23.4 Å². The Morgan fingerprint density at radius 3 is 2.81 bits per heavy atom. The first-order valence-corrected chi connectivity index (χ1v) is 6.66. The van der Waals surface area contributed by atoms with Gasteiger partial charge in [0.1, 0.15) is 0 Å². The Bertz CT molecular complexity index is 357. The first kappa shape index (κ1) is 13.4. The Balaban J connectivity index is 2.40. The van der Waals surface area contributed by atoms with Crippen LogP contribution in [0.15, 0.2) is 29.2 Å². The molecular formula is C12H16ClNOS. The minimum absolute atomic E-state index is 0.0549. The highest BCUT2D eigenvalue weighted by Crippen LogP contribution is 2.26. The minimum atomic E-state index is 0.0549. The molecule has 0 saturated carbocycles. The van der Waals surface area contributed by atoms with Crippen molar-refractivity contribution in [1.29, 1.82) is 0 Å². The fourth-order valence-corrected chi connectivity index (χ4v) is 2.17. The van der Waals surface area contributed by atoms with Crippen LogP contribution in [0.4, 0.5) is 0 Å². The van der Waals surface area contributed by atoms with E-state index in [9.17, 15) is 4.79 Å². The number of carbonyl (C=O) groups is 1. The third-order valence-electron chi connectivity index (χ3n) is 2.22. The number of carbonyl (C=O) groups excluding carboxylic acids is 1. The van der Waals surface area contributed by atoms with Gasteiger partial charge in [0.05, 0.1) is 10.8 Å². The van der Waals surface area contributed by atoms with Gasteiger partial charge in [-0.05, 0) is 25.5 Å². The molecule has 1 rings (SSSR count). The zero-order valence-electron chi connectivity index (χ0n) is 9.50. The summed E-state index contributed by atoms with van der Waals surface area (Å²) in [7, 11) is 0. The van der Waals surface area contributed by atoms with Crippen molar-refractivity contribution in [2.75, 3.05) is 5.75 Å². The largest absolute Gasteiger partial charge is 0.353 e. The van der Waals surface area contributed by atoms with Crippen molar-refractivity contribution in [3.8, 4) is 0 Å². The molecule has 0 heterocycles. The Kier molecular flexibility index (Phi) is 5.71. The number of benzene rings is 1. The van der Waals surface area contributed by atoms with Gasteiger partial charge in [-0.1, -0.05) is 30.7 Å². The first-order valence-electron chi connectivity index (χ1n) is 5.30. The van der Waals surface area contributed by atoms with E-state index in [1.54, 1.807) is 0 Å². The molecule has 16 heavy (non-hydrogen) atoms. The molecule has 0 fully saturated rings. The average molecular weight is 258 g/mol. The fraction of sp³-hybridized carbons (Fsp3) is 0.417. The van der Waals surface area contributed by atoms with Crippen LogP contribution in [-0.2, 0) is 4.79 Å². The molecule has 0 bridgehead atoms. The molecule has 88 valence electrons. The maximum Gasteiger partial charge on any atom is 0.230 e. The van der Waals surface area contributed by atoms with Crippen molar-refractivity contribution < 1.29 is 4.79 Å². The van der Waals surface area contributed by atoms with Crippen LogP contribution < -0.4 is 5.32 Å². The number of hydrogen-bond acceptors (Lipinski definition) is 2. The summed E-state index contributed by atoms with van der Waals surface area (Å²) in [6, 6.07) is 7.78. The van der Waals surface area contributed by atoms with E-state index >= 15 is 0 Å². The summed E-state index contributed by atoms with van der Waals surface area (Å²) >= 11 is 7.45. The van der Waals surface area contributed by atoms with Crippen LogP contribution in [-0.4, -0.2) is 17.7 Å². The van der Waals surface area contributed by atoms with Crippen LogP contribution in [0.3, 0.4) is 0 Å². The number of rotatable bonds is 5. The highest BCUT2D eigenvalue weighted by molar-refractivity contribution is 8.00. The molecule has 1 amide bonds. The van der Waals surface area contributed by atoms with Gasteiger partial charge in [0.2, 0.25) is 5.91 Å². The van der Waals surface area contributed by atoms with E-state index in [-0.39, 0.29) is 11.9 Å². The van der Waals surface area contributed by atoms with Crippen molar-refractivity contribution in [3.63, 3.8) is 0 Å². The first-order chi connectivity index (χ1) is 7.63. The van der Waals surface area contributed by atoms with Gasteiger partial charge in [-0.3, -0.25) is 4.79 Å². The SMILES string of the molecule is CC[C@@H](C)NC(=O)CSc1ccccc1Cl. The summed E-state index contributed by atoms with van der Waals surface area (Å²) in [5, 5.41) is 3.61. The van der Waals surface area contributed by atoms with E-state index in [4.69, 9.17) is 11.6 Å². The van der Waals surface area contributed by atoms with Gasteiger partial charge in [-0.25, -0.2) is 0 Å². The number of hydrogen-bond donors (Lipinski definition) is 1. The summed E-state index contributed by atoms with van der Waals surface area (Å²) in [5.41, 5.74) is 0. The predicted molar refractivity (Wildman–Crippen MR) is 70.1 cm³/mol. The molecular weight excluding hydrogens is 242 g/mol. The Labute approximate surface area is 106 Å². The monoisotopic (exact) mass is 257 g/mol. The number of nitrogens with one attached hydrogen (secondary N) is 1. The third-order valence-corrected chi connectivity index (χ3v) is 3.73.